The molecule has 16 heavy (non-hydrogen) atoms. The first-order chi connectivity index (χ1) is 7.68. The first kappa shape index (κ1) is 10.2. The van der Waals surface area contributed by atoms with E-state index in [2.05, 4.69) is 5.10 Å². The number of carbonyl (C=O) groups is 1. The fraction of sp³-hybridized carbons (Fsp3) is 0.0909. The molecular formula is C11H10N2O3. The number of aryl methyl sites for hydroxylation is 1. The van der Waals surface area contributed by atoms with Crippen LogP contribution in [0.5, 0.6) is 0 Å². The lowest BCUT2D eigenvalue weighted by Crippen LogP contribution is -1.93. The summed E-state index contributed by atoms with van der Waals surface area (Å²) in [5, 5.41) is 12.6. The zero-order valence-corrected chi connectivity index (χ0v) is 8.62. The van der Waals surface area contributed by atoms with Crippen molar-refractivity contribution in [2.75, 3.05) is 0 Å². The predicted molar refractivity (Wildman–Crippen MR) is 57.6 cm³/mol. The number of aliphatic carboxylic acids is 1. The average Bonchev–Trinajstić information content (AvgIpc) is 2.83. The molecule has 2 heterocycles. The van der Waals surface area contributed by atoms with Crippen molar-refractivity contribution in [1.29, 1.82) is 0 Å². The molecule has 0 bridgehead atoms. The highest BCUT2D eigenvalue weighted by Gasteiger charge is 2.11. The van der Waals surface area contributed by atoms with Gasteiger partial charge in [0.15, 0.2) is 5.76 Å². The zero-order valence-electron chi connectivity index (χ0n) is 8.62. The van der Waals surface area contributed by atoms with E-state index < -0.39 is 5.97 Å². The van der Waals surface area contributed by atoms with Crippen LogP contribution in [0.25, 0.3) is 17.5 Å². The van der Waals surface area contributed by atoms with Crippen LogP contribution in [0.4, 0.5) is 0 Å². The molecule has 0 aliphatic rings. The molecule has 5 nitrogen and oxygen atoms in total. The number of hydrogen-bond acceptors (Lipinski definition) is 3. The van der Waals surface area contributed by atoms with Crippen molar-refractivity contribution in [3.05, 3.63) is 36.2 Å². The molecule has 0 aliphatic carbocycles. The van der Waals surface area contributed by atoms with E-state index in [1.54, 1.807) is 36.3 Å². The van der Waals surface area contributed by atoms with Crippen LogP contribution in [0.1, 0.15) is 5.56 Å². The Bertz CT molecular complexity index is 523. The van der Waals surface area contributed by atoms with Gasteiger partial charge in [0, 0.05) is 18.7 Å². The van der Waals surface area contributed by atoms with Crippen LogP contribution >= 0.6 is 0 Å². The van der Waals surface area contributed by atoms with Gasteiger partial charge in [-0.25, -0.2) is 4.79 Å². The molecule has 0 saturated carbocycles. The smallest absolute Gasteiger partial charge is 0.328 e. The summed E-state index contributed by atoms with van der Waals surface area (Å²) in [5.41, 5.74) is 1.46. The molecule has 5 heteroatoms. The lowest BCUT2D eigenvalue weighted by molar-refractivity contribution is -0.131. The minimum absolute atomic E-state index is 0.657. The van der Waals surface area contributed by atoms with E-state index in [1.807, 2.05) is 0 Å². The summed E-state index contributed by atoms with van der Waals surface area (Å²) in [6, 6.07) is 3.57. The summed E-state index contributed by atoms with van der Waals surface area (Å²) >= 11 is 0. The highest BCUT2D eigenvalue weighted by Crippen LogP contribution is 2.24. The highest BCUT2D eigenvalue weighted by atomic mass is 16.4. The highest BCUT2D eigenvalue weighted by molar-refractivity contribution is 5.86. The molecule has 0 unspecified atom stereocenters. The van der Waals surface area contributed by atoms with Gasteiger partial charge in [0.2, 0.25) is 0 Å². The van der Waals surface area contributed by atoms with Crippen LogP contribution in [0.3, 0.4) is 0 Å². The van der Waals surface area contributed by atoms with E-state index in [0.29, 0.717) is 11.3 Å². The minimum atomic E-state index is -0.991. The van der Waals surface area contributed by atoms with E-state index in [9.17, 15) is 4.79 Å². The maximum Gasteiger partial charge on any atom is 0.328 e. The maximum absolute atomic E-state index is 10.4. The second kappa shape index (κ2) is 4.06. The summed E-state index contributed by atoms with van der Waals surface area (Å²) in [6.07, 6.45) is 5.72. The van der Waals surface area contributed by atoms with E-state index in [0.717, 1.165) is 11.8 Å². The van der Waals surface area contributed by atoms with Gasteiger partial charge in [-0.05, 0) is 18.2 Å². The quantitative estimate of drug-likeness (QED) is 0.797. The molecule has 0 aliphatic heterocycles. The third-order valence-corrected chi connectivity index (χ3v) is 2.13. The largest absolute Gasteiger partial charge is 0.478 e. The maximum atomic E-state index is 10.4. The van der Waals surface area contributed by atoms with Gasteiger partial charge in [0.25, 0.3) is 0 Å². The van der Waals surface area contributed by atoms with Crippen LogP contribution in [-0.4, -0.2) is 20.9 Å². The first-order valence-electron chi connectivity index (χ1n) is 4.65. The van der Waals surface area contributed by atoms with Crippen LogP contribution in [0.2, 0.25) is 0 Å². The molecule has 0 atom stereocenters. The lowest BCUT2D eigenvalue weighted by atomic mass is 10.2. The molecule has 2 rings (SSSR count). The summed E-state index contributed by atoms with van der Waals surface area (Å²) in [7, 11) is 1.77. The third-order valence-electron chi connectivity index (χ3n) is 2.13. The number of hydrogen-bond donors (Lipinski definition) is 1. The molecule has 2 aromatic heterocycles. The molecular weight excluding hydrogens is 208 g/mol. The Balaban J connectivity index is 2.45. The van der Waals surface area contributed by atoms with E-state index in [-0.39, 0.29) is 0 Å². The van der Waals surface area contributed by atoms with Crippen molar-refractivity contribution in [2.45, 2.75) is 0 Å². The zero-order chi connectivity index (χ0) is 11.5. The molecule has 1 N–H and O–H groups in total. The van der Waals surface area contributed by atoms with E-state index in [4.69, 9.17) is 9.52 Å². The molecule has 82 valence electrons. The van der Waals surface area contributed by atoms with Crippen molar-refractivity contribution < 1.29 is 14.3 Å². The van der Waals surface area contributed by atoms with Gasteiger partial charge in [-0.15, -0.1) is 0 Å². The molecule has 0 radical (unpaired) electrons. The predicted octanol–water partition coefficient (Wildman–Crippen LogP) is 1.78. The Labute approximate surface area is 91.6 Å². The summed E-state index contributed by atoms with van der Waals surface area (Å²) in [4.78, 5) is 10.4. The third kappa shape index (κ3) is 1.88. The van der Waals surface area contributed by atoms with Crippen molar-refractivity contribution in [3.8, 4) is 11.5 Å². The topological polar surface area (TPSA) is 68.3 Å². The van der Waals surface area contributed by atoms with Crippen LogP contribution in [-0.2, 0) is 11.8 Å². The Morgan fingerprint density at radius 1 is 1.62 bits per heavy atom. The number of rotatable bonds is 3. The fourth-order valence-electron chi connectivity index (χ4n) is 1.45. The minimum Gasteiger partial charge on any atom is -0.478 e. The van der Waals surface area contributed by atoms with Gasteiger partial charge >= 0.3 is 5.97 Å². The normalized spacial score (nSPS) is 11.1. The van der Waals surface area contributed by atoms with Gasteiger partial charge < -0.3 is 9.52 Å². The van der Waals surface area contributed by atoms with Crippen molar-refractivity contribution in [3.63, 3.8) is 0 Å². The van der Waals surface area contributed by atoms with Gasteiger partial charge in [-0.3, -0.25) is 4.68 Å². The van der Waals surface area contributed by atoms with Crippen molar-refractivity contribution in [2.24, 2.45) is 7.05 Å². The van der Waals surface area contributed by atoms with E-state index >= 15 is 0 Å². The second-order valence-electron chi connectivity index (χ2n) is 3.22. The Morgan fingerprint density at radius 3 is 3.06 bits per heavy atom. The van der Waals surface area contributed by atoms with Gasteiger partial charge in [0.1, 0.15) is 5.69 Å². The SMILES string of the molecule is Cn1ncc(C=CC(=O)O)c1-c1ccco1. The number of nitrogens with zero attached hydrogens (tertiary/aromatic N) is 2. The van der Waals surface area contributed by atoms with Crippen LogP contribution < -0.4 is 0 Å². The number of furan rings is 1. The Hall–Kier alpha value is -2.30. The molecule has 2 aromatic rings. The number of aromatic nitrogens is 2. The van der Waals surface area contributed by atoms with Crippen LogP contribution in [0, 0.1) is 0 Å². The number of carboxylic acid groups (broad SMARTS) is 1. The first-order valence-corrected chi connectivity index (χ1v) is 4.65. The standard InChI is InChI=1S/C11H10N2O3/c1-13-11(9-3-2-6-16-9)8(7-12-13)4-5-10(14)15/h2-7H,1H3,(H,14,15). The van der Waals surface area contributed by atoms with Crippen LogP contribution in [0.15, 0.2) is 35.1 Å². The Morgan fingerprint density at radius 2 is 2.44 bits per heavy atom. The molecule has 0 spiro atoms. The number of carboxylic acids is 1. The summed E-state index contributed by atoms with van der Waals surface area (Å²) in [5.74, 6) is -0.334. The van der Waals surface area contributed by atoms with Crippen molar-refractivity contribution >= 4 is 12.0 Å². The fourth-order valence-corrected chi connectivity index (χ4v) is 1.45. The molecule has 0 aromatic carbocycles. The summed E-state index contributed by atoms with van der Waals surface area (Å²) < 4.78 is 6.90. The van der Waals surface area contributed by atoms with Gasteiger partial charge in [0.05, 0.1) is 12.5 Å². The molecule has 0 saturated heterocycles. The van der Waals surface area contributed by atoms with E-state index in [1.165, 1.54) is 6.08 Å². The van der Waals surface area contributed by atoms with Gasteiger partial charge in [-0.1, -0.05) is 0 Å². The second-order valence-corrected chi connectivity index (χ2v) is 3.22. The summed E-state index contributed by atoms with van der Waals surface area (Å²) in [6.45, 7) is 0. The molecule has 0 amide bonds. The monoisotopic (exact) mass is 218 g/mol. The Kier molecular flexibility index (Phi) is 2.59. The van der Waals surface area contributed by atoms with Gasteiger partial charge in [-0.2, -0.15) is 5.10 Å². The van der Waals surface area contributed by atoms with Crippen molar-refractivity contribution in [1.82, 2.24) is 9.78 Å². The molecule has 0 fully saturated rings. The lowest BCUT2D eigenvalue weighted by Gasteiger charge is -1.98. The average molecular weight is 218 g/mol.